The van der Waals surface area contributed by atoms with Crippen molar-refractivity contribution in [3.63, 3.8) is 0 Å². The van der Waals surface area contributed by atoms with Crippen LogP contribution in [0.3, 0.4) is 0 Å². The Morgan fingerprint density at radius 1 is 1.03 bits per heavy atom. The Morgan fingerprint density at radius 3 is 2.21 bits per heavy atom. The normalized spacial score (nSPS) is 12.8. The number of phenols is 1. The van der Waals surface area contributed by atoms with Gasteiger partial charge >= 0.3 is 6.09 Å². The number of hydroxylamine groups is 1. The van der Waals surface area contributed by atoms with Crippen LogP contribution >= 0.6 is 0 Å². The fraction of sp³-hybridized carbons (Fsp3) is 0.190. The molecule has 0 unspecified atom stereocenters. The summed E-state index contributed by atoms with van der Waals surface area (Å²) in [6.45, 7) is 3.18. The topological polar surface area (TPSA) is 125 Å². The van der Waals surface area contributed by atoms with Gasteiger partial charge in [-0.05, 0) is 48.9 Å². The Morgan fingerprint density at radius 2 is 1.66 bits per heavy atom. The van der Waals surface area contributed by atoms with E-state index < -0.39 is 24.0 Å². The van der Waals surface area contributed by atoms with Crippen LogP contribution in [0.15, 0.2) is 60.7 Å². The lowest BCUT2D eigenvalue weighted by molar-refractivity contribution is -0.124. The molecule has 0 aliphatic heterocycles. The second kappa shape index (κ2) is 10.0. The second-order valence-electron chi connectivity index (χ2n) is 6.37. The zero-order valence-electron chi connectivity index (χ0n) is 16.0. The fourth-order valence-corrected chi connectivity index (χ4v) is 2.57. The third kappa shape index (κ3) is 6.47. The van der Waals surface area contributed by atoms with E-state index in [-0.39, 0.29) is 11.5 Å². The number of carbonyl (C=O) groups excluding carboxylic acids is 3. The lowest BCUT2D eigenvalue weighted by atomic mass is 9.96. The van der Waals surface area contributed by atoms with E-state index in [0.717, 1.165) is 6.08 Å². The maximum absolute atomic E-state index is 12.4. The molecule has 29 heavy (non-hydrogen) atoms. The Hall–Kier alpha value is -3.65. The van der Waals surface area contributed by atoms with Gasteiger partial charge in [0.15, 0.2) is 5.78 Å². The number of ether oxygens (including phenoxy) is 1. The van der Waals surface area contributed by atoms with Crippen LogP contribution in [0.25, 0.3) is 0 Å². The minimum absolute atomic E-state index is 0.0605. The first-order valence-corrected chi connectivity index (χ1v) is 8.80. The van der Waals surface area contributed by atoms with Gasteiger partial charge in [-0.15, -0.1) is 0 Å². The molecule has 152 valence electrons. The summed E-state index contributed by atoms with van der Waals surface area (Å²) in [5.41, 5.74) is 3.06. The predicted molar refractivity (Wildman–Crippen MR) is 106 cm³/mol. The molecular weight excluding hydrogens is 376 g/mol. The average Bonchev–Trinajstić information content (AvgIpc) is 2.71. The molecule has 2 amide bonds. The van der Waals surface area contributed by atoms with Gasteiger partial charge < -0.3 is 9.84 Å². The SMILES string of the molecule is CC(=O)c1ccc(NC(=O)O[C@H](c2ccc(O)cc2)[C@H](C)/C=C/C(=O)NO)cc1. The molecule has 2 atom stereocenters. The summed E-state index contributed by atoms with van der Waals surface area (Å²) in [5, 5.41) is 20.7. The number of rotatable bonds is 7. The molecule has 0 aliphatic rings. The molecule has 2 rings (SSSR count). The first kappa shape index (κ1) is 21.6. The van der Waals surface area contributed by atoms with Gasteiger partial charge in [0, 0.05) is 23.2 Å². The molecular formula is C21H22N2O6. The van der Waals surface area contributed by atoms with Gasteiger partial charge in [0.25, 0.3) is 5.91 Å². The molecule has 0 spiro atoms. The van der Waals surface area contributed by atoms with Crippen LogP contribution < -0.4 is 10.8 Å². The fourth-order valence-electron chi connectivity index (χ4n) is 2.57. The number of carbonyl (C=O) groups is 3. The molecule has 8 heteroatoms. The third-order valence-electron chi connectivity index (χ3n) is 4.13. The van der Waals surface area contributed by atoms with Crippen LogP contribution in [0.5, 0.6) is 5.75 Å². The smallest absolute Gasteiger partial charge is 0.412 e. The summed E-state index contributed by atoms with van der Waals surface area (Å²) < 4.78 is 5.54. The molecule has 0 radical (unpaired) electrons. The average molecular weight is 398 g/mol. The van der Waals surface area contributed by atoms with Gasteiger partial charge in [0.1, 0.15) is 11.9 Å². The lowest BCUT2D eigenvalue weighted by Crippen LogP contribution is -2.22. The Kier molecular flexibility index (Phi) is 7.50. The molecule has 0 bridgehead atoms. The number of nitrogens with one attached hydrogen (secondary N) is 2. The van der Waals surface area contributed by atoms with E-state index in [1.54, 1.807) is 43.3 Å². The number of ketones is 1. The molecule has 0 aliphatic carbocycles. The summed E-state index contributed by atoms with van der Waals surface area (Å²) >= 11 is 0. The van der Waals surface area contributed by atoms with Crippen LogP contribution in [-0.2, 0) is 9.53 Å². The summed E-state index contributed by atoms with van der Waals surface area (Å²) in [4.78, 5) is 35.0. The summed E-state index contributed by atoms with van der Waals surface area (Å²) in [6, 6.07) is 12.5. The van der Waals surface area contributed by atoms with Crippen molar-refractivity contribution in [1.29, 1.82) is 0 Å². The molecule has 0 heterocycles. The molecule has 0 saturated carbocycles. The van der Waals surface area contributed by atoms with E-state index in [0.29, 0.717) is 16.8 Å². The zero-order valence-corrected chi connectivity index (χ0v) is 16.0. The van der Waals surface area contributed by atoms with Crippen LogP contribution in [0, 0.1) is 5.92 Å². The van der Waals surface area contributed by atoms with Crippen molar-refractivity contribution in [2.45, 2.75) is 20.0 Å². The highest BCUT2D eigenvalue weighted by atomic mass is 16.6. The Balaban J connectivity index is 2.16. The molecule has 0 saturated heterocycles. The van der Waals surface area contributed by atoms with Gasteiger partial charge in [-0.2, -0.15) is 0 Å². The molecule has 2 aromatic carbocycles. The lowest BCUT2D eigenvalue weighted by Gasteiger charge is -2.23. The van der Waals surface area contributed by atoms with Crippen molar-refractivity contribution in [1.82, 2.24) is 5.48 Å². The third-order valence-corrected chi connectivity index (χ3v) is 4.13. The van der Waals surface area contributed by atoms with Crippen LogP contribution in [0.2, 0.25) is 0 Å². The number of aromatic hydroxyl groups is 1. The van der Waals surface area contributed by atoms with E-state index in [4.69, 9.17) is 9.94 Å². The van der Waals surface area contributed by atoms with Gasteiger partial charge in [-0.25, -0.2) is 10.3 Å². The number of hydrogen-bond donors (Lipinski definition) is 4. The highest BCUT2D eigenvalue weighted by molar-refractivity contribution is 5.95. The van der Waals surface area contributed by atoms with Gasteiger partial charge in [-0.1, -0.05) is 25.1 Å². The molecule has 0 aromatic heterocycles. The number of Topliss-reactive ketones (excluding diaryl/α,β-unsaturated/α-hetero) is 1. The van der Waals surface area contributed by atoms with E-state index in [1.165, 1.54) is 30.6 Å². The number of phenolic OH excluding ortho intramolecular Hbond substituents is 1. The predicted octanol–water partition coefficient (Wildman–Crippen LogP) is 3.58. The highest BCUT2D eigenvalue weighted by Gasteiger charge is 2.22. The maximum atomic E-state index is 12.4. The van der Waals surface area contributed by atoms with Gasteiger partial charge in [0.2, 0.25) is 0 Å². The monoisotopic (exact) mass is 398 g/mol. The van der Waals surface area contributed by atoms with Crippen molar-refractivity contribution >= 4 is 23.5 Å². The number of hydrogen-bond acceptors (Lipinski definition) is 6. The molecule has 0 fully saturated rings. The maximum Gasteiger partial charge on any atom is 0.412 e. The van der Waals surface area contributed by atoms with Crippen molar-refractivity contribution in [2.24, 2.45) is 5.92 Å². The van der Waals surface area contributed by atoms with Gasteiger partial charge in [-0.3, -0.25) is 20.1 Å². The highest BCUT2D eigenvalue weighted by Crippen LogP contribution is 2.29. The second-order valence-corrected chi connectivity index (χ2v) is 6.37. The molecule has 8 nitrogen and oxygen atoms in total. The van der Waals surface area contributed by atoms with Crippen molar-refractivity contribution in [3.8, 4) is 5.75 Å². The Labute approximate surface area is 167 Å². The van der Waals surface area contributed by atoms with Crippen LogP contribution in [-0.4, -0.2) is 28.1 Å². The van der Waals surface area contributed by atoms with E-state index in [2.05, 4.69) is 5.32 Å². The summed E-state index contributed by atoms with van der Waals surface area (Å²) in [6.07, 6.45) is 1.11. The largest absolute Gasteiger partial charge is 0.508 e. The van der Waals surface area contributed by atoms with Crippen LogP contribution in [0.1, 0.15) is 35.9 Å². The minimum Gasteiger partial charge on any atom is -0.508 e. The first-order valence-electron chi connectivity index (χ1n) is 8.80. The first-order chi connectivity index (χ1) is 13.8. The van der Waals surface area contributed by atoms with Crippen molar-refractivity contribution < 1.29 is 29.4 Å². The standard InChI is InChI=1S/C21H22N2O6/c1-13(3-12-19(26)23-28)20(16-6-10-18(25)11-7-16)29-21(27)22-17-8-4-15(5-9-17)14(2)24/h3-13,20,25,28H,1-2H3,(H,22,27)(H,23,26)/b12-3+/t13-,20+/m1/s1. The van der Waals surface area contributed by atoms with Crippen molar-refractivity contribution in [3.05, 3.63) is 71.8 Å². The Bertz CT molecular complexity index is 890. The summed E-state index contributed by atoms with van der Waals surface area (Å²) in [5.74, 6) is -1.16. The quantitative estimate of drug-likeness (QED) is 0.244. The molecule has 4 N–H and O–H groups in total. The van der Waals surface area contributed by atoms with E-state index in [9.17, 15) is 19.5 Å². The number of anilines is 1. The van der Waals surface area contributed by atoms with Crippen molar-refractivity contribution in [2.75, 3.05) is 5.32 Å². The van der Waals surface area contributed by atoms with E-state index >= 15 is 0 Å². The number of amides is 2. The number of benzene rings is 2. The van der Waals surface area contributed by atoms with Gasteiger partial charge in [0.05, 0.1) is 0 Å². The van der Waals surface area contributed by atoms with Crippen LogP contribution in [0.4, 0.5) is 10.5 Å². The minimum atomic E-state index is -0.769. The summed E-state index contributed by atoms with van der Waals surface area (Å²) in [7, 11) is 0. The molecule has 2 aromatic rings. The zero-order chi connectivity index (χ0) is 21.4. The van der Waals surface area contributed by atoms with E-state index in [1.807, 2.05) is 0 Å².